The molecule has 0 unspecified atom stereocenters. The number of halogens is 4. The van der Waals surface area contributed by atoms with Gasteiger partial charge in [-0.1, -0.05) is 29.8 Å². The van der Waals surface area contributed by atoms with Gasteiger partial charge >= 0.3 is 6.18 Å². The summed E-state index contributed by atoms with van der Waals surface area (Å²) in [6.45, 7) is 1.81. The van der Waals surface area contributed by atoms with E-state index in [-0.39, 0.29) is 5.56 Å². The van der Waals surface area contributed by atoms with Gasteiger partial charge in [0.15, 0.2) is 0 Å². The number of aromatic nitrogens is 1. The van der Waals surface area contributed by atoms with Crippen molar-refractivity contribution in [1.29, 1.82) is 0 Å². The zero-order valence-electron chi connectivity index (χ0n) is 11.9. The first-order valence-corrected chi connectivity index (χ1v) is 7.19. The molecule has 0 N–H and O–H groups in total. The highest BCUT2D eigenvalue weighted by Crippen LogP contribution is 2.41. The zero-order chi connectivity index (χ0) is 16.3. The summed E-state index contributed by atoms with van der Waals surface area (Å²) >= 11 is 0.803. The highest BCUT2D eigenvalue weighted by Gasteiger charge is 2.44. The van der Waals surface area contributed by atoms with Crippen molar-refractivity contribution in [3.05, 3.63) is 59.7 Å². The normalized spacial score (nSPS) is 13.4. The Bertz CT molecular complexity index is 628. The standard InChI is InChI=1S/C15H14F4N2S/c1-10-3-5-11(6-4-10)14(15(17,18)19)21(2)22-13-7-12(16)8-20-9-13/h3-9,14H,1-2H3/t14-/m1/s1. The van der Waals surface area contributed by atoms with E-state index in [1.165, 1.54) is 25.4 Å². The second kappa shape index (κ2) is 6.66. The maximum atomic E-state index is 13.4. The van der Waals surface area contributed by atoms with Crippen LogP contribution in [0.3, 0.4) is 0 Å². The molecule has 1 aromatic heterocycles. The smallest absolute Gasteiger partial charge is 0.260 e. The Morgan fingerprint density at radius 2 is 1.77 bits per heavy atom. The minimum absolute atomic E-state index is 0.137. The van der Waals surface area contributed by atoms with Crippen molar-refractivity contribution in [2.24, 2.45) is 0 Å². The van der Waals surface area contributed by atoms with Crippen molar-refractivity contribution in [1.82, 2.24) is 9.29 Å². The SMILES string of the molecule is Cc1ccc([C@@H](N(C)Sc2cncc(F)c2)C(F)(F)F)cc1. The van der Waals surface area contributed by atoms with Gasteiger partial charge in [0.1, 0.15) is 11.9 Å². The van der Waals surface area contributed by atoms with Crippen LogP contribution in [0.15, 0.2) is 47.6 Å². The van der Waals surface area contributed by atoms with E-state index in [1.54, 1.807) is 12.1 Å². The van der Waals surface area contributed by atoms with Crippen LogP contribution in [-0.2, 0) is 0 Å². The summed E-state index contributed by atoms with van der Waals surface area (Å²) in [5.41, 5.74) is 1.02. The lowest BCUT2D eigenvalue weighted by Gasteiger charge is -2.29. The Balaban J connectivity index is 2.27. The third-order valence-corrected chi connectivity index (χ3v) is 3.93. The molecule has 1 heterocycles. The van der Waals surface area contributed by atoms with Gasteiger partial charge in [0.05, 0.1) is 6.20 Å². The molecule has 0 aliphatic rings. The Morgan fingerprint density at radius 1 is 1.14 bits per heavy atom. The van der Waals surface area contributed by atoms with Crippen molar-refractivity contribution in [3.8, 4) is 0 Å². The molecule has 0 aliphatic heterocycles. The lowest BCUT2D eigenvalue weighted by atomic mass is 10.1. The molecule has 7 heteroatoms. The number of rotatable bonds is 4. The number of hydrogen-bond donors (Lipinski definition) is 0. The summed E-state index contributed by atoms with van der Waals surface area (Å²) in [6, 6.07) is 5.54. The Hall–Kier alpha value is -1.60. The number of nitrogens with zero attached hydrogens (tertiary/aromatic N) is 2. The maximum Gasteiger partial charge on any atom is 0.408 e. The molecule has 0 spiro atoms. The summed E-state index contributed by atoms with van der Waals surface area (Å²) in [5, 5.41) is 0. The Morgan fingerprint density at radius 3 is 2.32 bits per heavy atom. The van der Waals surface area contributed by atoms with Crippen LogP contribution in [0, 0.1) is 12.7 Å². The van der Waals surface area contributed by atoms with Gasteiger partial charge in [-0.05, 0) is 37.5 Å². The van der Waals surface area contributed by atoms with E-state index >= 15 is 0 Å². The first-order valence-electron chi connectivity index (χ1n) is 6.42. The highest BCUT2D eigenvalue weighted by molar-refractivity contribution is 7.97. The topological polar surface area (TPSA) is 16.1 Å². The number of aryl methyl sites for hydroxylation is 1. The monoisotopic (exact) mass is 330 g/mol. The fourth-order valence-electron chi connectivity index (χ4n) is 2.02. The van der Waals surface area contributed by atoms with Crippen LogP contribution >= 0.6 is 11.9 Å². The van der Waals surface area contributed by atoms with Gasteiger partial charge in [-0.3, -0.25) is 4.98 Å². The zero-order valence-corrected chi connectivity index (χ0v) is 12.7. The second-order valence-electron chi connectivity index (χ2n) is 4.83. The lowest BCUT2D eigenvalue weighted by molar-refractivity contribution is -0.169. The van der Waals surface area contributed by atoms with Gasteiger partial charge in [0.2, 0.25) is 0 Å². The molecule has 22 heavy (non-hydrogen) atoms. The van der Waals surface area contributed by atoms with Gasteiger partial charge in [-0.15, -0.1) is 0 Å². The van der Waals surface area contributed by atoms with Crippen molar-refractivity contribution >= 4 is 11.9 Å². The quantitative estimate of drug-likeness (QED) is 0.593. The minimum Gasteiger partial charge on any atom is -0.260 e. The van der Waals surface area contributed by atoms with Crippen LogP contribution < -0.4 is 0 Å². The van der Waals surface area contributed by atoms with Crippen LogP contribution in [0.5, 0.6) is 0 Å². The lowest BCUT2D eigenvalue weighted by Crippen LogP contribution is -2.31. The molecule has 1 atom stereocenters. The van der Waals surface area contributed by atoms with Crippen LogP contribution in [0.2, 0.25) is 0 Å². The van der Waals surface area contributed by atoms with E-state index < -0.39 is 18.0 Å². The maximum absolute atomic E-state index is 13.4. The van der Waals surface area contributed by atoms with E-state index in [0.717, 1.165) is 34.1 Å². The average molecular weight is 330 g/mol. The predicted octanol–water partition coefficient (Wildman–Crippen LogP) is 4.77. The van der Waals surface area contributed by atoms with Crippen molar-refractivity contribution < 1.29 is 17.6 Å². The molecule has 0 saturated heterocycles. The van der Waals surface area contributed by atoms with Crippen LogP contribution in [-0.4, -0.2) is 22.5 Å². The summed E-state index contributed by atoms with van der Waals surface area (Å²) in [4.78, 5) is 3.95. The molecule has 118 valence electrons. The van der Waals surface area contributed by atoms with Crippen molar-refractivity contribution in [2.45, 2.75) is 24.0 Å². The second-order valence-corrected chi connectivity index (χ2v) is 6.06. The molecular formula is C15H14F4N2S. The molecule has 2 rings (SSSR count). The molecule has 0 radical (unpaired) electrons. The molecule has 0 amide bonds. The minimum atomic E-state index is -4.45. The van der Waals surface area contributed by atoms with E-state index in [9.17, 15) is 17.6 Å². The first kappa shape index (κ1) is 16.8. The van der Waals surface area contributed by atoms with Gasteiger partial charge < -0.3 is 0 Å². The van der Waals surface area contributed by atoms with Gasteiger partial charge in [0.25, 0.3) is 0 Å². The average Bonchev–Trinajstić information content (AvgIpc) is 2.39. The fourth-order valence-corrected chi connectivity index (χ4v) is 2.97. The molecule has 0 fully saturated rings. The third kappa shape index (κ3) is 4.20. The van der Waals surface area contributed by atoms with Crippen LogP contribution in [0.25, 0.3) is 0 Å². The van der Waals surface area contributed by atoms with E-state index in [4.69, 9.17) is 0 Å². The predicted molar refractivity (Wildman–Crippen MR) is 77.8 cm³/mol. The van der Waals surface area contributed by atoms with E-state index in [2.05, 4.69) is 4.98 Å². The summed E-state index contributed by atoms with van der Waals surface area (Å²) in [5.74, 6) is -0.586. The number of hydrogen-bond acceptors (Lipinski definition) is 3. The van der Waals surface area contributed by atoms with Crippen molar-refractivity contribution in [2.75, 3.05) is 7.05 Å². The number of benzene rings is 1. The first-order chi connectivity index (χ1) is 10.3. The van der Waals surface area contributed by atoms with Gasteiger partial charge in [0, 0.05) is 11.1 Å². The fraction of sp³-hybridized carbons (Fsp3) is 0.267. The molecule has 1 aromatic carbocycles. The molecule has 2 nitrogen and oxygen atoms in total. The summed E-state index contributed by atoms with van der Waals surface area (Å²) < 4.78 is 54.3. The molecule has 0 aliphatic carbocycles. The Labute approximate surface area is 130 Å². The number of pyridine rings is 1. The Kier molecular flexibility index (Phi) is 5.08. The van der Waals surface area contributed by atoms with Crippen molar-refractivity contribution in [3.63, 3.8) is 0 Å². The highest BCUT2D eigenvalue weighted by atomic mass is 32.2. The van der Waals surface area contributed by atoms with E-state index in [0.29, 0.717) is 4.90 Å². The van der Waals surface area contributed by atoms with Crippen LogP contribution in [0.1, 0.15) is 17.2 Å². The number of alkyl halides is 3. The van der Waals surface area contributed by atoms with Crippen LogP contribution in [0.4, 0.5) is 17.6 Å². The molecular weight excluding hydrogens is 316 g/mol. The van der Waals surface area contributed by atoms with E-state index in [1.807, 2.05) is 6.92 Å². The van der Waals surface area contributed by atoms with Gasteiger partial charge in [-0.25, -0.2) is 8.70 Å². The van der Waals surface area contributed by atoms with Gasteiger partial charge in [-0.2, -0.15) is 13.2 Å². The third-order valence-electron chi connectivity index (χ3n) is 3.00. The molecule has 0 bridgehead atoms. The molecule has 0 saturated carbocycles. The molecule has 2 aromatic rings. The summed E-state index contributed by atoms with van der Waals surface area (Å²) in [6.07, 6.45) is -2.12. The summed E-state index contributed by atoms with van der Waals surface area (Å²) in [7, 11) is 1.33. The largest absolute Gasteiger partial charge is 0.408 e.